The van der Waals surface area contributed by atoms with Crippen LogP contribution in [0.2, 0.25) is 0 Å². The van der Waals surface area contributed by atoms with E-state index in [9.17, 15) is 0 Å². The van der Waals surface area contributed by atoms with Gasteiger partial charge in [0.05, 0.1) is 0 Å². The van der Waals surface area contributed by atoms with E-state index in [1.807, 2.05) is 6.07 Å². The molecule has 0 saturated carbocycles. The van der Waals surface area contributed by atoms with Crippen LogP contribution in [-0.4, -0.2) is 13.1 Å². The fourth-order valence-electron chi connectivity index (χ4n) is 3.18. The average Bonchev–Trinajstić information content (AvgIpc) is 2.97. The van der Waals surface area contributed by atoms with E-state index >= 15 is 0 Å². The van der Waals surface area contributed by atoms with Gasteiger partial charge in [0.2, 0.25) is 0 Å². The third-order valence-electron chi connectivity index (χ3n) is 4.28. The minimum absolute atomic E-state index is 0.600. The molecule has 1 atom stereocenters. The molecule has 1 fully saturated rings. The number of hydrogen-bond acceptors (Lipinski definition) is 2. The molecule has 1 aliphatic rings. The molecule has 0 bridgehead atoms. The van der Waals surface area contributed by atoms with Crippen LogP contribution in [0, 0.1) is 0 Å². The van der Waals surface area contributed by atoms with Gasteiger partial charge in [-0.15, -0.1) is 0 Å². The Bertz CT molecular complexity index is 591. The van der Waals surface area contributed by atoms with Gasteiger partial charge in [0, 0.05) is 30.4 Å². The minimum Gasteiger partial charge on any atom is -0.399 e. The van der Waals surface area contributed by atoms with Crippen molar-refractivity contribution in [1.82, 2.24) is 0 Å². The van der Waals surface area contributed by atoms with Gasteiger partial charge in [0.15, 0.2) is 0 Å². The molecule has 0 amide bonds. The Labute approximate surface area is 121 Å². The predicted octanol–water partition coefficient (Wildman–Crippen LogP) is 3.83. The van der Waals surface area contributed by atoms with Crippen LogP contribution in [0.5, 0.6) is 0 Å². The maximum atomic E-state index is 5.90. The first-order valence-electron chi connectivity index (χ1n) is 7.46. The van der Waals surface area contributed by atoms with E-state index in [0.717, 1.165) is 25.2 Å². The number of hydrogen-bond donors (Lipinski definition) is 1. The molecular weight excluding hydrogens is 244 g/mol. The number of nitrogens with zero attached hydrogens (tertiary/aromatic N) is 1. The van der Waals surface area contributed by atoms with Gasteiger partial charge in [0.25, 0.3) is 0 Å². The zero-order valence-corrected chi connectivity index (χ0v) is 12.0. The molecule has 3 rings (SSSR count). The van der Waals surface area contributed by atoms with E-state index in [1.54, 1.807) is 0 Å². The molecule has 20 heavy (non-hydrogen) atoms. The molecule has 1 aliphatic heterocycles. The second-order valence-corrected chi connectivity index (χ2v) is 5.58. The maximum Gasteiger partial charge on any atom is 0.0398 e. The zero-order chi connectivity index (χ0) is 13.9. The molecule has 2 aromatic carbocycles. The van der Waals surface area contributed by atoms with Gasteiger partial charge in [-0.05, 0) is 42.2 Å². The first-order valence-corrected chi connectivity index (χ1v) is 7.46. The SMILES string of the molecule is CCc1ccccc1N1CCC(c2cccc(N)c2)C1. The number of nitrogen functional groups attached to an aromatic ring is 1. The van der Waals surface area contributed by atoms with E-state index in [0.29, 0.717) is 5.92 Å². The highest BCUT2D eigenvalue weighted by Gasteiger charge is 2.25. The predicted molar refractivity (Wildman–Crippen MR) is 86.2 cm³/mol. The van der Waals surface area contributed by atoms with E-state index in [-0.39, 0.29) is 0 Å². The smallest absolute Gasteiger partial charge is 0.0398 e. The van der Waals surface area contributed by atoms with Crippen molar-refractivity contribution < 1.29 is 0 Å². The van der Waals surface area contributed by atoms with Crippen LogP contribution in [0.1, 0.15) is 30.4 Å². The Balaban J connectivity index is 1.80. The van der Waals surface area contributed by atoms with Crippen molar-refractivity contribution in [2.45, 2.75) is 25.7 Å². The Morgan fingerprint density at radius 1 is 1.15 bits per heavy atom. The molecule has 2 N–H and O–H groups in total. The number of aryl methyl sites for hydroxylation is 1. The summed E-state index contributed by atoms with van der Waals surface area (Å²) in [6.07, 6.45) is 2.30. The summed E-state index contributed by atoms with van der Waals surface area (Å²) in [4.78, 5) is 2.52. The van der Waals surface area contributed by atoms with Crippen molar-refractivity contribution in [3.63, 3.8) is 0 Å². The third kappa shape index (κ3) is 2.51. The summed E-state index contributed by atoms with van der Waals surface area (Å²) in [6.45, 7) is 4.46. The number of benzene rings is 2. The van der Waals surface area contributed by atoms with Gasteiger partial charge in [-0.25, -0.2) is 0 Å². The van der Waals surface area contributed by atoms with Crippen molar-refractivity contribution in [2.24, 2.45) is 0 Å². The molecular formula is C18H22N2. The van der Waals surface area contributed by atoms with Gasteiger partial charge >= 0.3 is 0 Å². The summed E-state index contributed by atoms with van der Waals surface area (Å²) in [5.74, 6) is 0.600. The van der Waals surface area contributed by atoms with Crippen LogP contribution >= 0.6 is 0 Å². The minimum atomic E-state index is 0.600. The molecule has 2 aromatic rings. The quantitative estimate of drug-likeness (QED) is 0.856. The third-order valence-corrected chi connectivity index (χ3v) is 4.28. The fourth-order valence-corrected chi connectivity index (χ4v) is 3.18. The molecule has 2 heteroatoms. The van der Waals surface area contributed by atoms with Crippen LogP contribution in [0.25, 0.3) is 0 Å². The average molecular weight is 266 g/mol. The van der Waals surface area contributed by atoms with Crippen LogP contribution in [-0.2, 0) is 6.42 Å². The Morgan fingerprint density at radius 2 is 2.00 bits per heavy atom. The summed E-state index contributed by atoms with van der Waals surface area (Å²) in [7, 11) is 0. The van der Waals surface area contributed by atoms with E-state index < -0.39 is 0 Å². The van der Waals surface area contributed by atoms with Gasteiger partial charge in [-0.2, -0.15) is 0 Å². The lowest BCUT2D eigenvalue weighted by Crippen LogP contribution is -2.20. The fraction of sp³-hybridized carbons (Fsp3) is 0.333. The number of para-hydroxylation sites is 1. The lowest BCUT2D eigenvalue weighted by Gasteiger charge is -2.22. The largest absolute Gasteiger partial charge is 0.399 e. The second-order valence-electron chi connectivity index (χ2n) is 5.58. The molecule has 1 unspecified atom stereocenters. The van der Waals surface area contributed by atoms with Crippen LogP contribution < -0.4 is 10.6 Å². The van der Waals surface area contributed by atoms with E-state index in [1.165, 1.54) is 23.2 Å². The first kappa shape index (κ1) is 13.0. The zero-order valence-electron chi connectivity index (χ0n) is 12.0. The highest BCUT2D eigenvalue weighted by atomic mass is 15.2. The standard InChI is InChI=1S/C18H22N2/c1-2-14-6-3-4-9-18(14)20-11-10-16(13-20)15-7-5-8-17(19)12-15/h3-9,12,16H,2,10-11,13,19H2,1H3. The van der Waals surface area contributed by atoms with Gasteiger partial charge in [-0.3, -0.25) is 0 Å². The number of rotatable bonds is 3. The molecule has 0 aliphatic carbocycles. The van der Waals surface area contributed by atoms with E-state index in [2.05, 4.69) is 54.3 Å². The summed E-state index contributed by atoms with van der Waals surface area (Å²) >= 11 is 0. The number of nitrogens with two attached hydrogens (primary N) is 1. The molecule has 2 nitrogen and oxygen atoms in total. The van der Waals surface area contributed by atoms with Crippen LogP contribution in [0.15, 0.2) is 48.5 Å². The van der Waals surface area contributed by atoms with Gasteiger partial charge in [-0.1, -0.05) is 37.3 Å². The van der Waals surface area contributed by atoms with Crippen molar-refractivity contribution in [3.8, 4) is 0 Å². The van der Waals surface area contributed by atoms with E-state index in [4.69, 9.17) is 5.73 Å². The van der Waals surface area contributed by atoms with Crippen molar-refractivity contribution in [3.05, 3.63) is 59.7 Å². The lowest BCUT2D eigenvalue weighted by atomic mass is 9.98. The Morgan fingerprint density at radius 3 is 2.80 bits per heavy atom. The molecule has 1 saturated heterocycles. The van der Waals surface area contributed by atoms with Gasteiger partial charge < -0.3 is 10.6 Å². The topological polar surface area (TPSA) is 29.3 Å². The molecule has 1 heterocycles. The summed E-state index contributed by atoms with van der Waals surface area (Å²) in [6, 6.07) is 17.1. The van der Waals surface area contributed by atoms with Crippen LogP contribution in [0.3, 0.4) is 0 Å². The monoisotopic (exact) mass is 266 g/mol. The van der Waals surface area contributed by atoms with Gasteiger partial charge in [0.1, 0.15) is 0 Å². The highest BCUT2D eigenvalue weighted by Crippen LogP contribution is 2.33. The lowest BCUT2D eigenvalue weighted by molar-refractivity contribution is 0.775. The van der Waals surface area contributed by atoms with Crippen molar-refractivity contribution in [1.29, 1.82) is 0 Å². The number of anilines is 2. The van der Waals surface area contributed by atoms with Crippen molar-refractivity contribution in [2.75, 3.05) is 23.7 Å². The molecule has 104 valence electrons. The Hall–Kier alpha value is -1.96. The summed E-state index contributed by atoms with van der Waals surface area (Å²) < 4.78 is 0. The molecule has 0 aromatic heterocycles. The Kier molecular flexibility index (Phi) is 3.64. The molecule has 0 radical (unpaired) electrons. The summed E-state index contributed by atoms with van der Waals surface area (Å²) in [5, 5.41) is 0. The normalized spacial score (nSPS) is 18.4. The first-order chi connectivity index (χ1) is 9.78. The molecule has 0 spiro atoms. The second kappa shape index (κ2) is 5.58. The van der Waals surface area contributed by atoms with Crippen molar-refractivity contribution >= 4 is 11.4 Å². The van der Waals surface area contributed by atoms with Crippen LogP contribution in [0.4, 0.5) is 11.4 Å². The maximum absolute atomic E-state index is 5.90. The summed E-state index contributed by atoms with van der Waals surface area (Å²) in [5.41, 5.74) is 11.0. The highest BCUT2D eigenvalue weighted by molar-refractivity contribution is 5.55.